The fraction of sp³-hybridized carbons (Fsp3) is 1.00. The van der Waals surface area contributed by atoms with Crippen molar-refractivity contribution in [3.63, 3.8) is 0 Å². The van der Waals surface area contributed by atoms with Crippen molar-refractivity contribution in [1.82, 2.24) is 4.90 Å². The Labute approximate surface area is 86.8 Å². The smallest absolute Gasteiger partial charge is 0.0361 e. The van der Waals surface area contributed by atoms with E-state index >= 15 is 0 Å². The molecule has 1 heterocycles. The van der Waals surface area contributed by atoms with Crippen molar-refractivity contribution in [3.05, 3.63) is 0 Å². The molecule has 0 aromatic carbocycles. The molecule has 1 saturated heterocycles. The Hall–Kier alpha value is -0.120. The second kappa shape index (κ2) is 3.80. The van der Waals surface area contributed by atoms with Crippen LogP contribution in [-0.4, -0.2) is 36.6 Å². The molecule has 1 spiro atoms. The summed E-state index contributed by atoms with van der Waals surface area (Å²) in [5.74, 6) is 0.512. The highest BCUT2D eigenvalue weighted by Crippen LogP contribution is 2.41. The van der Waals surface area contributed by atoms with Gasteiger partial charge in [-0.05, 0) is 26.4 Å². The van der Waals surface area contributed by atoms with Crippen molar-refractivity contribution in [2.75, 3.05) is 20.1 Å². The maximum Gasteiger partial charge on any atom is 0.0361 e. The lowest BCUT2D eigenvalue weighted by Crippen LogP contribution is -2.54. The molecule has 1 aliphatic heterocycles. The Balaban J connectivity index is 2.16. The van der Waals surface area contributed by atoms with Crippen LogP contribution in [0.5, 0.6) is 0 Å². The summed E-state index contributed by atoms with van der Waals surface area (Å²) in [6.07, 6.45) is 6.63. The summed E-state index contributed by atoms with van der Waals surface area (Å²) < 4.78 is 0. The molecule has 0 aromatic rings. The van der Waals surface area contributed by atoms with Crippen molar-refractivity contribution in [2.45, 2.75) is 43.7 Å². The molecule has 3 heteroatoms. The summed E-state index contributed by atoms with van der Waals surface area (Å²) in [6, 6.07) is 0.304. The lowest BCUT2D eigenvalue weighted by molar-refractivity contribution is 0.106. The van der Waals surface area contributed by atoms with Crippen LogP contribution >= 0.6 is 0 Å². The van der Waals surface area contributed by atoms with Gasteiger partial charge in [0.25, 0.3) is 0 Å². The molecule has 0 amide bonds. The highest BCUT2D eigenvalue weighted by Gasteiger charge is 2.49. The largest absolute Gasteiger partial charge is 0.330 e. The molecule has 0 radical (unpaired) electrons. The minimum absolute atomic E-state index is 0.294. The van der Waals surface area contributed by atoms with E-state index in [-0.39, 0.29) is 0 Å². The number of hydrogen-bond donors (Lipinski definition) is 2. The summed E-state index contributed by atoms with van der Waals surface area (Å²) in [6.45, 7) is 1.84. The van der Waals surface area contributed by atoms with Crippen LogP contribution in [0.15, 0.2) is 0 Å². The third-order valence-corrected chi connectivity index (χ3v) is 4.42. The first kappa shape index (κ1) is 10.4. The quantitative estimate of drug-likeness (QED) is 0.645. The van der Waals surface area contributed by atoms with E-state index in [1.54, 1.807) is 0 Å². The van der Waals surface area contributed by atoms with Gasteiger partial charge in [0.2, 0.25) is 0 Å². The molecule has 2 aliphatic rings. The molecule has 2 unspecified atom stereocenters. The molecule has 1 aliphatic carbocycles. The normalized spacial score (nSPS) is 37.9. The van der Waals surface area contributed by atoms with Crippen molar-refractivity contribution in [2.24, 2.45) is 17.4 Å². The molecule has 14 heavy (non-hydrogen) atoms. The minimum atomic E-state index is 0.294. The predicted molar refractivity (Wildman–Crippen MR) is 59.0 cm³/mol. The summed E-state index contributed by atoms with van der Waals surface area (Å²) in [7, 11) is 2.22. The van der Waals surface area contributed by atoms with Gasteiger partial charge in [0.05, 0.1) is 0 Å². The second-order valence-electron chi connectivity index (χ2n) is 5.07. The van der Waals surface area contributed by atoms with Crippen molar-refractivity contribution >= 4 is 0 Å². The Morgan fingerprint density at radius 2 is 1.93 bits per heavy atom. The Morgan fingerprint density at radius 1 is 1.29 bits per heavy atom. The molecule has 2 fully saturated rings. The average Bonchev–Trinajstić information content (AvgIpc) is 2.45. The van der Waals surface area contributed by atoms with Gasteiger partial charge in [-0.15, -0.1) is 0 Å². The Morgan fingerprint density at radius 3 is 2.43 bits per heavy atom. The van der Waals surface area contributed by atoms with Gasteiger partial charge in [-0.3, -0.25) is 4.90 Å². The highest BCUT2D eigenvalue weighted by molar-refractivity contribution is 5.08. The second-order valence-corrected chi connectivity index (χ2v) is 5.07. The van der Waals surface area contributed by atoms with Crippen molar-refractivity contribution < 1.29 is 0 Å². The van der Waals surface area contributed by atoms with Crippen LogP contribution in [-0.2, 0) is 0 Å². The first-order chi connectivity index (χ1) is 6.70. The van der Waals surface area contributed by atoms with Crippen LogP contribution in [0, 0.1) is 5.92 Å². The summed E-state index contributed by atoms with van der Waals surface area (Å²) >= 11 is 0. The number of nitrogens with zero attached hydrogens (tertiary/aromatic N) is 1. The van der Waals surface area contributed by atoms with Crippen LogP contribution in [0.4, 0.5) is 0 Å². The van der Waals surface area contributed by atoms with E-state index in [0.29, 0.717) is 17.5 Å². The van der Waals surface area contributed by atoms with Gasteiger partial charge < -0.3 is 11.5 Å². The maximum atomic E-state index is 6.37. The van der Waals surface area contributed by atoms with Gasteiger partial charge in [-0.25, -0.2) is 0 Å². The van der Waals surface area contributed by atoms with E-state index in [1.165, 1.54) is 32.1 Å². The van der Waals surface area contributed by atoms with Gasteiger partial charge in [-0.2, -0.15) is 0 Å². The lowest BCUT2D eigenvalue weighted by Gasteiger charge is -2.43. The molecular formula is C11H23N3. The van der Waals surface area contributed by atoms with E-state index in [0.717, 1.165) is 13.1 Å². The first-order valence-corrected chi connectivity index (χ1v) is 5.87. The lowest BCUT2D eigenvalue weighted by atomic mass is 9.75. The zero-order valence-corrected chi connectivity index (χ0v) is 9.21. The van der Waals surface area contributed by atoms with Crippen molar-refractivity contribution in [1.29, 1.82) is 0 Å². The van der Waals surface area contributed by atoms with E-state index in [4.69, 9.17) is 11.5 Å². The molecule has 1 saturated carbocycles. The van der Waals surface area contributed by atoms with E-state index in [2.05, 4.69) is 11.9 Å². The van der Waals surface area contributed by atoms with Crippen LogP contribution < -0.4 is 11.5 Å². The Bertz CT molecular complexity index is 199. The molecular weight excluding hydrogens is 174 g/mol. The number of nitrogens with two attached hydrogens (primary N) is 2. The molecule has 4 N–H and O–H groups in total. The van der Waals surface area contributed by atoms with E-state index < -0.39 is 0 Å². The number of hydrogen-bond acceptors (Lipinski definition) is 3. The van der Waals surface area contributed by atoms with E-state index in [1.807, 2.05) is 0 Å². The van der Waals surface area contributed by atoms with Crippen LogP contribution in [0.1, 0.15) is 32.1 Å². The van der Waals surface area contributed by atoms with Gasteiger partial charge in [-0.1, -0.05) is 19.3 Å². The third-order valence-electron chi connectivity index (χ3n) is 4.42. The molecule has 3 nitrogen and oxygen atoms in total. The monoisotopic (exact) mass is 197 g/mol. The zero-order chi connectivity index (χ0) is 10.2. The SMILES string of the molecule is CN1CC(CN)C(N)C12CCCCC2. The molecule has 0 bridgehead atoms. The standard InChI is InChI=1S/C11H23N3/c1-14-8-9(7-12)10(13)11(14)5-3-2-4-6-11/h9-10H,2-8,12-13H2,1H3. The van der Waals surface area contributed by atoms with Crippen LogP contribution in [0.25, 0.3) is 0 Å². The Kier molecular flexibility index (Phi) is 2.82. The highest BCUT2D eigenvalue weighted by atomic mass is 15.2. The molecule has 0 aromatic heterocycles. The first-order valence-electron chi connectivity index (χ1n) is 5.87. The molecule has 82 valence electrons. The van der Waals surface area contributed by atoms with Crippen molar-refractivity contribution in [3.8, 4) is 0 Å². The predicted octanol–water partition coefficient (Wildman–Crippen LogP) is 0.537. The zero-order valence-electron chi connectivity index (χ0n) is 9.21. The van der Waals surface area contributed by atoms with E-state index in [9.17, 15) is 0 Å². The fourth-order valence-corrected chi connectivity index (χ4v) is 3.44. The van der Waals surface area contributed by atoms with Gasteiger partial charge in [0, 0.05) is 24.0 Å². The number of likely N-dealkylation sites (tertiary alicyclic amines) is 1. The average molecular weight is 197 g/mol. The summed E-state index contributed by atoms with van der Waals surface area (Å²) in [5, 5.41) is 0. The van der Waals surface area contributed by atoms with Gasteiger partial charge >= 0.3 is 0 Å². The maximum absolute atomic E-state index is 6.37. The van der Waals surface area contributed by atoms with Gasteiger partial charge in [0.1, 0.15) is 0 Å². The van der Waals surface area contributed by atoms with Crippen LogP contribution in [0.3, 0.4) is 0 Å². The summed E-state index contributed by atoms with van der Waals surface area (Å²) in [5.41, 5.74) is 12.4. The number of rotatable bonds is 1. The molecule has 2 atom stereocenters. The number of likely N-dealkylation sites (N-methyl/N-ethyl adjacent to an activating group) is 1. The molecule has 2 rings (SSSR count). The fourth-order valence-electron chi connectivity index (χ4n) is 3.44. The minimum Gasteiger partial charge on any atom is -0.330 e. The topological polar surface area (TPSA) is 55.3 Å². The summed E-state index contributed by atoms with van der Waals surface area (Å²) in [4.78, 5) is 2.48. The van der Waals surface area contributed by atoms with Gasteiger partial charge in [0.15, 0.2) is 0 Å². The third kappa shape index (κ3) is 1.38. The van der Waals surface area contributed by atoms with Crippen LogP contribution in [0.2, 0.25) is 0 Å².